The molecule has 0 unspecified atom stereocenters. The number of carbonyl (C=O) groups is 1. The first-order valence-electron chi connectivity index (χ1n) is 5.56. The molecule has 0 aromatic heterocycles. The van der Waals surface area contributed by atoms with Crippen LogP contribution in [0.5, 0.6) is 0 Å². The molecule has 0 atom stereocenters. The molecule has 0 aliphatic heterocycles. The van der Waals surface area contributed by atoms with Crippen molar-refractivity contribution in [3.05, 3.63) is 64.7 Å². The van der Waals surface area contributed by atoms with Crippen molar-refractivity contribution in [1.29, 1.82) is 0 Å². The molecular formula is C15H15NO. The van der Waals surface area contributed by atoms with Crippen LogP contribution >= 0.6 is 0 Å². The molecule has 2 rings (SSSR count). The highest BCUT2D eigenvalue weighted by atomic mass is 16.1. The van der Waals surface area contributed by atoms with Gasteiger partial charge in [0.15, 0.2) is 5.78 Å². The van der Waals surface area contributed by atoms with Gasteiger partial charge in [0.25, 0.3) is 0 Å². The maximum atomic E-state index is 12.3. The van der Waals surface area contributed by atoms with Gasteiger partial charge < -0.3 is 5.73 Å². The third-order valence-corrected chi connectivity index (χ3v) is 3.02. The number of carbonyl (C=O) groups excluding carboxylic acids is 1. The smallest absolute Gasteiger partial charge is 0.193 e. The second-order valence-corrected chi connectivity index (χ2v) is 4.20. The summed E-state index contributed by atoms with van der Waals surface area (Å²) in [5.74, 6) is 0.0474. The maximum absolute atomic E-state index is 12.3. The van der Waals surface area contributed by atoms with E-state index < -0.39 is 0 Å². The molecule has 0 heterocycles. The fourth-order valence-electron chi connectivity index (χ4n) is 1.79. The van der Waals surface area contributed by atoms with Crippen molar-refractivity contribution in [2.45, 2.75) is 13.8 Å². The van der Waals surface area contributed by atoms with Gasteiger partial charge >= 0.3 is 0 Å². The predicted molar refractivity (Wildman–Crippen MR) is 70.2 cm³/mol. The standard InChI is InChI=1S/C15H15NO/c1-10-4-3-5-14(11(10)2)15(17)12-6-8-13(16)9-7-12/h3-9H,16H2,1-2H3. The van der Waals surface area contributed by atoms with E-state index in [2.05, 4.69) is 0 Å². The van der Waals surface area contributed by atoms with Gasteiger partial charge in [-0.05, 0) is 49.2 Å². The molecular weight excluding hydrogens is 210 g/mol. The van der Waals surface area contributed by atoms with Crippen molar-refractivity contribution in [3.63, 3.8) is 0 Å². The number of rotatable bonds is 2. The second-order valence-electron chi connectivity index (χ2n) is 4.20. The summed E-state index contributed by atoms with van der Waals surface area (Å²) in [6, 6.07) is 12.8. The van der Waals surface area contributed by atoms with Crippen molar-refractivity contribution in [1.82, 2.24) is 0 Å². The van der Waals surface area contributed by atoms with Gasteiger partial charge in [-0.2, -0.15) is 0 Å². The van der Waals surface area contributed by atoms with Crippen molar-refractivity contribution in [3.8, 4) is 0 Å². The van der Waals surface area contributed by atoms with Crippen LogP contribution in [0, 0.1) is 13.8 Å². The van der Waals surface area contributed by atoms with Gasteiger partial charge in [0.1, 0.15) is 0 Å². The van der Waals surface area contributed by atoms with Crippen molar-refractivity contribution in [2.24, 2.45) is 0 Å². The van der Waals surface area contributed by atoms with Gasteiger partial charge in [0.05, 0.1) is 0 Å². The first kappa shape index (κ1) is 11.4. The highest BCUT2D eigenvalue weighted by Gasteiger charge is 2.12. The average Bonchev–Trinajstić information content (AvgIpc) is 2.33. The van der Waals surface area contributed by atoms with Crippen LogP contribution in [0.2, 0.25) is 0 Å². The zero-order valence-electron chi connectivity index (χ0n) is 10.0. The lowest BCUT2D eigenvalue weighted by molar-refractivity contribution is 0.103. The summed E-state index contributed by atoms with van der Waals surface area (Å²) >= 11 is 0. The molecule has 0 fully saturated rings. The highest BCUT2D eigenvalue weighted by molar-refractivity contribution is 6.10. The lowest BCUT2D eigenvalue weighted by Gasteiger charge is -2.07. The van der Waals surface area contributed by atoms with Crippen LogP contribution in [0.4, 0.5) is 5.69 Å². The number of nitrogens with two attached hydrogens (primary N) is 1. The fourth-order valence-corrected chi connectivity index (χ4v) is 1.79. The largest absolute Gasteiger partial charge is 0.399 e. The molecule has 0 saturated heterocycles. The molecule has 2 aromatic rings. The molecule has 0 spiro atoms. The number of aryl methyl sites for hydroxylation is 1. The Kier molecular flexibility index (Phi) is 2.96. The average molecular weight is 225 g/mol. The van der Waals surface area contributed by atoms with E-state index in [9.17, 15) is 4.79 Å². The first-order chi connectivity index (χ1) is 8.09. The summed E-state index contributed by atoms with van der Waals surface area (Å²) in [6.07, 6.45) is 0. The third kappa shape index (κ3) is 2.21. The fraction of sp³-hybridized carbons (Fsp3) is 0.133. The lowest BCUT2D eigenvalue weighted by atomic mass is 9.96. The topological polar surface area (TPSA) is 43.1 Å². The van der Waals surface area contributed by atoms with E-state index in [1.807, 2.05) is 32.0 Å². The van der Waals surface area contributed by atoms with Crippen LogP contribution in [0.25, 0.3) is 0 Å². The summed E-state index contributed by atoms with van der Waals surface area (Å²) < 4.78 is 0. The van der Waals surface area contributed by atoms with Crippen LogP contribution in [0.3, 0.4) is 0 Å². The number of ketones is 1. The Morgan fingerprint density at radius 3 is 2.29 bits per heavy atom. The molecule has 0 radical (unpaired) electrons. The minimum Gasteiger partial charge on any atom is -0.399 e. The van der Waals surface area contributed by atoms with E-state index in [1.54, 1.807) is 24.3 Å². The summed E-state index contributed by atoms with van der Waals surface area (Å²) in [5, 5.41) is 0. The van der Waals surface area contributed by atoms with Crippen LogP contribution in [-0.2, 0) is 0 Å². The summed E-state index contributed by atoms with van der Waals surface area (Å²) in [4.78, 5) is 12.3. The van der Waals surface area contributed by atoms with Crippen molar-refractivity contribution < 1.29 is 4.79 Å². The summed E-state index contributed by atoms with van der Waals surface area (Å²) in [5.41, 5.74) is 9.88. The molecule has 2 nitrogen and oxygen atoms in total. The van der Waals surface area contributed by atoms with E-state index in [0.29, 0.717) is 11.3 Å². The number of nitrogen functional groups attached to an aromatic ring is 1. The van der Waals surface area contributed by atoms with E-state index >= 15 is 0 Å². The second kappa shape index (κ2) is 4.42. The van der Waals surface area contributed by atoms with Crippen LogP contribution in [0.1, 0.15) is 27.0 Å². The van der Waals surface area contributed by atoms with Crippen molar-refractivity contribution in [2.75, 3.05) is 5.73 Å². The van der Waals surface area contributed by atoms with Crippen LogP contribution in [-0.4, -0.2) is 5.78 Å². The number of benzene rings is 2. The van der Waals surface area contributed by atoms with Gasteiger partial charge in [0, 0.05) is 16.8 Å². The molecule has 0 amide bonds. The number of hydrogen-bond acceptors (Lipinski definition) is 2. The zero-order valence-corrected chi connectivity index (χ0v) is 10.0. The molecule has 0 aliphatic carbocycles. The first-order valence-corrected chi connectivity index (χ1v) is 5.56. The lowest BCUT2D eigenvalue weighted by Crippen LogP contribution is -2.04. The molecule has 2 N–H and O–H groups in total. The Bertz CT molecular complexity index is 556. The Labute approximate surface area is 101 Å². The predicted octanol–water partition coefficient (Wildman–Crippen LogP) is 3.12. The Hall–Kier alpha value is -2.09. The van der Waals surface area contributed by atoms with Crippen molar-refractivity contribution >= 4 is 11.5 Å². The van der Waals surface area contributed by atoms with Gasteiger partial charge in [-0.1, -0.05) is 18.2 Å². The Balaban J connectivity index is 2.44. The van der Waals surface area contributed by atoms with Gasteiger partial charge in [-0.3, -0.25) is 4.79 Å². The molecule has 86 valence electrons. The van der Waals surface area contributed by atoms with E-state index in [0.717, 1.165) is 16.7 Å². The SMILES string of the molecule is Cc1cccc(C(=O)c2ccc(N)cc2)c1C. The summed E-state index contributed by atoms with van der Waals surface area (Å²) in [7, 11) is 0. The third-order valence-electron chi connectivity index (χ3n) is 3.02. The maximum Gasteiger partial charge on any atom is 0.193 e. The quantitative estimate of drug-likeness (QED) is 0.630. The molecule has 0 bridgehead atoms. The Morgan fingerprint density at radius 1 is 1.00 bits per heavy atom. The highest BCUT2D eigenvalue weighted by Crippen LogP contribution is 2.17. The molecule has 0 aliphatic rings. The van der Waals surface area contributed by atoms with Crippen LogP contribution in [0.15, 0.2) is 42.5 Å². The van der Waals surface area contributed by atoms with E-state index in [-0.39, 0.29) is 5.78 Å². The molecule has 0 saturated carbocycles. The van der Waals surface area contributed by atoms with Crippen LogP contribution < -0.4 is 5.73 Å². The van der Waals surface area contributed by atoms with E-state index in [4.69, 9.17) is 5.73 Å². The molecule has 2 heteroatoms. The minimum atomic E-state index is 0.0474. The van der Waals surface area contributed by atoms with Gasteiger partial charge in [-0.15, -0.1) is 0 Å². The monoisotopic (exact) mass is 225 g/mol. The number of hydrogen-bond donors (Lipinski definition) is 1. The number of anilines is 1. The van der Waals surface area contributed by atoms with Gasteiger partial charge in [0.2, 0.25) is 0 Å². The van der Waals surface area contributed by atoms with E-state index in [1.165, 1.54) is 0 Å². The molecule has 2 aromatic carbocycles. The molecule has 17 heavy (non-hydrogen) atoms. The minimum absolute atomic E-state index is 0.0474. The zero-order chi connectivity index (χ0) is 12.4. The Morgan fingerprint density at radius 2 is 1.65 bits per heavy atom. The summed E-state index contributed by atoms with van der Waals surface area (Å²) in [6.45, 7) is 3.98. The normalized spacial score (nSPS) is 10.2. The van der Waals surface area contributed by atoms with Gasteiger partial charge in [-0.25, -0.2) is 0 Å².